The van der Waals surface area contributed by atoms with E-state index in [0.29, 0.717) is 26.2 Å². The molecule has 2 atom stereocenters. The largest absolute Gasteiger partial charge is 0.459 e. The van der Waals surface area contributed by atoms with Gasteiger partial charge in [0.1, 0.15) is 0 Å². The molecule has 4 fully saturated rings. The van der Waals surface area contributed by atoms with E-state index in [0.717, 1.165) is 0 Å². The lowest BCUT2D eigenvalue weighted by Crippen LogP contribution is -2.60. The van der Waals surface area contributed by atoms with E-state index in [4.69, 9.17) is 4.74 Å². The molecule has 4 bridgehead atoms. The summed E-state index contributed by atoms with van der Waals surface area (Å²) in [5.41, 5.74) is -3.05. The molecule has 4 rings (SSSR count). The summed E-state index contributed by atoms with van der Waals surface area (Å²) in [6.07, 6.45) is -3.14. The molecule has 0 amide bonds. The Morgan fingerprint density at radius 3 is 2.09 bits per heavy atom. The van der Waals surface area contributed by atoms with Gasteiger partial charge in [-0.1, -0.05) is 0 Å². The Bertz CT molecular complexity index is 465. The van der Waals surface area contributed by atoms with Crippen LogP contribution in [0.1, 0.15) is 45.4 Å². The second kappa shape index (κ2) is 4.57. The summed E-state index contributed by atoms with van der Waals surface area (Å²) in [7, 11) is 0. The highest BCUT2D eigenvalue weighted by Crippen LogP contribution is 2.69. The van der Waals surface area contributed by atoms with Gasteiger partial charge in [0.25, 0.3) is 5.92 Å². The number of halogens is 5. The van der Waals surface area contributed by atoms with Gasteiger partial charge in [-0.25, -0.2) is 8.78 Å². The number of rotatable bonds is 3. The van der Waals surface area contributed by atoms with E-state index in [9.17, 15) is 26.7 Å². The summed E-state index contributed by atoms with van der Waals surface area (Å²) in [4.78, 5) is 12.3. The second-order valence-corrected chi connectivity index (χ2v) is 7.67. The maximum atomic E-state index is 13.5. The topological polar surface area (TPSA) is 26.3 Å². The summed E-state index contributed by atoms with van der Waals surface area (Å²) in [6, 6.07) is 0. The lowest BCUT2D eigenvalue weighted by Gasteiger charge is -2.60. The standard InChI is InChI=1S/C15H19F5O2/c1-12(16,17)8-22-11(21)13-3-9-2-10(4-13)6-14(5-9,7-13)15(18,19)20/h9-10H,2-8H2,1H3. The van der Waals surface area contributed by atoms with Crippen molar-refractivity contribution in [2.45, 2.75) is 57.5 Å². The summed E-state index contributed by atoms with van der Waals surface area (Å²) < 4.78 is 71.0. The minimum atomic E-state index is -4.36. The normalized spacial score (nSPS) is 40.8. The molecule has 22 heavy (non-hydrogen) atoms. The predicted octanol–water partition coefficient (Wildman–Crippen LogP) is 4.33. The zero-order chi connectivity index (χ0) is 16.4. The molecule has 0 heterocycles. The van der Waals surface area contributed by atoms with Crippen LogP contribution in [0.4, 0.5) is 22.0 Å². The molecular weight excluding hydrogens is 307 g/mol. The fourth-order valence-corrected chi connectivity index (χ4v) is 5.18. The van der Waals surface area contributed by atoms with Crippen molar-refractivity contribution in [1.29, 1.82) is 0 Å². The maximum absolute atomic E-state index is 13.5. The van der Waals surface area contributed by atoms with E-state index in [-0.39, 0.29) is 31.1 Å². The Morgan fingerprint density at radius 1 is 1.09 bits per heavy atom. The molecule has 0 radical (unpaired) electrons. The van der Waals surface area contributed by atoms with Gasteiger partial charge in [0, 0.05) is 6.92 Å². The maximum Gasteiger partial charge on any atom is 0.394 e. The fourth-order valence-electron chi connectivity index (χ4n) is 5.18. The van der Waals surface area contributed by atoms with Gasteiger partial charge in [-0.3, -0.25) is 4.79 Å². The summed E-state index contributed by atoms with van der Waals surface area (Å²) >= 11 is 0. The van der Waals surface area contributed by atoms with Gasteiger partial charge < -0.3 is 4.74 Å². The number of carbonyl (C=O) groups excluding carboxylic acids is 1. The molecular formula is C15H19F5O2. The highest BCUT2D eigenvalue weighted by molar-refractivity contribution is 5.77. The first-order chi connectivity index (χ1) is 9.95. The molecule has 2 nitrogen and oxygen atoms in total. The van der Waals surface area contributed by atoms with Gasteiger partial charge in [-0.2, -0.15) is 13.2 Å². The Labute approximate surface area is 125 Å². The zero-order valence-corrected chi connectivity index (χ0v) is 12.3. The monoisotopic (exact) mass is 326 g/mol. The number of carbonyl (C=O) groups is 1. The average Bonchev–Trinajstić information content (AvgIpc) is 2.32. The summed E-state index contributed by atoms with van der Waals surface area (Å²) in [5.74, 6) is -4.34. The van der Waals surface area contributed by atoms with Crippen LogP contribution in [0.15, 0.2) is 0 Å². The molecule has 4 saturated carbocycles. The van der Waals surface area contributed by atoms with Crippen LogP contribution in [0.3, 0.4) is 0 Å². The number of hydrogen-bond donors (Lipinski definition) is 0. The van der Waals surface area contributed by atoms with Crippen molar-refractivity contribution < 1.29 is 31.5 Å². The molecule has 7 heteroatoms. The third kappa shape index (κ3) is 2.50. The van der Waals surface area contributed by atoms with Crippen molar-refractivity contribution in [3.63, 3.8) is 0 Å². The van der Waals surface area contributed by atoms with Gasteiger partial charge in [0.15, 0.2) is 6.61 Å². The van der Waals surface area contributed by atoms with Crippen molar-refractivity contribution in [3.8, 4) is 0 Å². The number of hydrogen-bond acceptors (Lipinski definition) is 2. The molecule has 0 aromatic carbocycles. The van der Waals surface area contributed by atoms with Crippen molar-refractivity contribution >= 4 is 5.97 Å². The van der Waals surface area contributed by atoms with Gasteiger partial charge in [0.2, 0.25) is 0 Å². The molecule has 0 aliphatic heterocycles. The van der Waals surface area contributed by atoms with Crippen LogP contribution < -0.4 is 0 Å². The summed E-state index contributed by atoms with van der Waals surface area (Å²) in [5, 5.41) is 0. The predicted molar refractivity (Wildman–Crippen MR) is 67.2 cm³/mol. The van der Waals surface area contributed by atoms with E-state index >= 15 is 0 Å². The van der Waals surface area contributed by atoms with Gasteiger partial charge >= 0.3 is 12.1 Å². The van der Waals surface area contributed by atoms with Crippen LogP contribution in [0, 0.1) is 22.7 Å². The molecule has 4 aliphatic carbocycles. The van der Waals surface area contributed by atoms with E-state index in [1.807, 2.05) is 0 Å². The first-order valence-corrected chi connectivity index (χ1v) is 7.57. The van der Waals surface area contributed by atoms with Gasteiger partial charge in [-0.15, -0.1) is 0 Å². The second-order valence-electron chi connectivity index (χ2n) is 7.67. The third-order valence-corrected chi connectivity index (χ3v) is 5.55. The van der Waals surface area contributed by atoms with E-state index < -0.39 is 35.5 Å². The Morgan fingerprint density at radius 2 is 1.64 bits per heavy atom. The highest BCUT2D eigenvalue weighted by Gasteiger charge is 2.69. The molecule has 0 aromatic rings. The summed E-state index contributed by atoms with van der Waals surface area (Å²) in [6.45, 7) is -0.445. The number of esters is 1. The van der Waals surface area contributed by atoms with Crippen LogP contribution >= 0.6 is 0 Å². The molecule has 0 aromatic heterocycles. The van der Waals surface area contributed by atoms with Crippen LogP contribution in [0.25, 0.3) is 0 Å². The van der Waals surface area contributed by atoms with Crippen molar-refractivity contribution in [1.82, 2.24) is 0 Å². The SMILES string of the molecule is CC(F)(F)COC(=O)C12CC3CC(C1)CC(C(F)(F)F)(C3)C2. The number of ether oxygens (including phenoxy) is 1. The van der Waals surface area contributed by atoms with Crippen LogP contribution in [-0.2, 0) is 9.53 Å². The fraction of sp³-hybridized carbons (Fsp3) is 0.933. The van der Waals surface area contributed by atoms with E-state index in [2.05, 4.69) is 0 Å². The van der Waals surface area contributed by atoms with Gasteiger partial charge in [0.05, 0.1) is 10.8 Å². The molecule has 126 valence electrons. The smallest absolute Gasteiger partial charge is 0.394 e. The van der Waals surface area contributed by atoms with Crippen molar-refractivity contribution in [2.24, 2.45) is 22.7 Å². The first kappa shape index (κ1) is 16.0. The highest BCUT2D eigenvalue weighted by atomic mass is 19.4. The lowest BCUT2D eigenvalue weighted by molar-refractivity contribution is -0.286. The van der Waals surface area contributed by atoms with Crippen LogP contribution in [0.5, 0.6) is 0 Å². The van der Waals surface area contributed by atoms with Crippen molar-refractivity contribution in [3.05, 3.63) is 0 Å². The molecule has 2 unspecified atom stereocenters. The van der Waals surface area contributed by atoms with Crippen LogP contribution in [0.2, 0.25) is 0 Å². The Kier molecular flexibility index (Phi) is 3.32. The number of alkyl halides is 5. The van der Waals surface area contributed by atoms with Crippen molar-refractivity contribution in [2.75, 3.05) is 6.61 Å². The molecule has 4 aliphatic rings. The van der Waals surface area contributed by atoms with E-state index in [1.165, 1.54) is 0 Å². The average molecular weight is 326 g/mol. The Balaban J connectivity index is 1.83. The first-order valence-electron chi connectivity index (χ1n) is 7.57. The minimum absolute atomic E-state index is 0.0615. The van der Waals surface area contributed by atoms with E-state index in [1.54, 1.807) is 0 Å². The Hall–Kier alpha value is -0.880. The van der Waals surface area contributed by atoms with Crippen LogP contribution in [-0.4, -0.2) is 24.7 Å². The molecule has 0 saturated heterocycles. The zero-order valence-electron chi connectivity index (χ0n) is 12.3. The molecule has 0 N–H and O–H groups in total. The van der Waals surface area contributed by atoms with Gasteiger partial charge in [-0.05, 0) is 50.4 Å². The molecule has 0 spiro atoms. The lowest BCUT2D eigenvalue weighted by atomic mass is 9.44. The third-order valence-electron chi connectivity index (χ3n) is 5.55. The minimum Gasteiger partial charge on any atom is -0.459 e. The quantitative estimate of drug-likeness (QED) is 0.570.